The number of aromatic nitrogens is 1. The average Bonchev–Trinajstić information content (AvgIpc) is 3.47. The molecule has 0 saturated carbocycles. The van der Waals surface area contributed by atoms with Crippen LogP contribution in [0.5, 0.6) is 0 Å². The number of carbonyl (C=O) groups is 2. The Morgan fingerprint density at radius 2 is 1.62 bits per heavy atom. The number of rotatable bonds is 4. The van der Waals surface area contributed by atoms with E-state index in [2.05, 4.69) is 10.3 Å². The molecule has 1 aromatic carbocycles. The molecule has 0 radical (unpaired) electrons. The molecule has 2 saturated heterocycles. The lowest BCUT2D eigenvalue weighted by Crippen LogP contribution is -2.55. The Bertz CT molecular complexity index is 1530. The van der Waals surface area contributed by atoms with E-state index in [-0.39, 0.29) is 24.6 Å². The lowest BCUT2D eigenvalue weighted by molar-refractivity contribution is -0.350. The maximum Gasteiger partial charge on any atom is 0.437 e. The van der Waals surface area contributed by atoms with Gasteiger partial charge in [-0.3, -0.25) is 14.6 Å². The third kappa shape index (κ3) is 4.17. The van der Waals surface area contributed by atoms with Crippen LogP contribution in [0, 0.1) is 5.82 Å². The van der Waals surface area contributed by atoms with Crippen LogP contribution in [0.1, 0.15) is 36.2 Å². The van der Waals surface area contributed by atoms with E-state index in [1.807, 2.05) is 0 Å². The monoisotopic (exact) mass is 629 g/mol. The Balaban J connectivity index is 1.67. The number of fused-ring (bicyclic) bond motifs is 3. The molecule has 3 heterocycles. The van der Waals surface area contributed by atoms with E-state index in [0.717, 1.165) is 29.2 Å². The van der Waals surface area contributed by atoms with Gasteiger partial charge in [0.05, 0.1) is 16.6 Å². The van der Waals surface area contributed by atoms with Crippen molar-refractivity contribution < 1.29 is 57.5 Å². The van der Waals surface area contributed by atoms with Crippen LogP contribution in [0.25, 0.3) is 0 Å². The minimum Gasteiger partial charge on any atom is -0.342 e. The molecule has 42 heavy (non-hydrogen) atoms. The Morgan fingerprint density at radius 3 is 2.17 bits per heavy atom. The number of alkyl halides is 8. The fraction of sp³-hybridized carbons (Fsp3) is 0.480. The first-order valence-corrected chi connectivity index (χ1v) is 13.9. The molecular formula is C25H20F9N3O4S. The van der Waals surface area contributed by atoms with Gasteiger partial charge >= 0.3 is 18.0 Å². The molecular weight excluding hydrogens is 609 g/mol. The van der Waals surface area contributed by atoms with Gasteiger partial charge in [0.2, 0.25) is 5.91 Å². The zero-order chi connectivity index (χ0) is 31.0. The van der Waals surface area contributed by atoms with Crippen molar-refractivity contribution in [2.75, 3.05) is 6.54 Å². The summed E-state index contributed by atoms with van der Waals surface area (Å²) in [5, 5.41) is 2.17. The van der Waals surface area contributed by atoms with Crippen molar-refractivity contribution in [1.82, 2.24) is 15.2 Å². The summed E-state index contributed by atoms with van der Waals surface area (Å²) in [5.74, 6) is -2.69. The molecule has 0 bridgehead atoms. The number of amides is 2. The molecule has 2 unspecified atom stereocenters. The first-order chi connectivity index (χ1) is 19.4. The van der Waals surface area contributed by atoms with Crippen molar-refractivity contribution in [3.63, 3.8) is 0 Å². The Kier molecular flexibility index (Phi) is 6.86. The van der Waals surface area contributed by atoms with Gasteiger partial charge < -0.3 is 10.2 Å². The minimum absolute atomic E-state index is 0.111. The molecule has 2 aliphatic heterocycles. The highest BCUT2D eigenvalue weighted by Crippen LogP contribution is 2.56. The number of halogens is 9. The predicted octanol–water partition coefficient (Wildman–Crippen LogP) is 3.95. The number of pyridine rings is 1. The van der Waals surface area contributed by atoms with E-state index in [9.17, 15) is 57.5 Å². The van der Waals surface area contributed by atoms with Gasteiger partial charge in [-0.2, -0.15) is 26.3 Å². The number of carbonyl (C=O) groups excluding carboxylic acids is 2. The van der Waals surface area contributed by atoms with Crippen LogP contribution < -0.4 is 5.32 Å². The van der Waals surface area contributed by atoms with Gasteiger partial charge in [0, 0.05) is 18.7 Å². The third-order valence-electron chi connectivity index (χ3n) is 8.09. The van der Waals surface area contributed by atoms with E-state index >= 15 is 0 Å². The van der Waals surface area contributed by atoms with Gasteiger partial charge in [-0.1, -0.05) is 6.07 Å². The summed E-state index contributed by atoms with van der Waals surface area (Å²) in [7, 11) is -4.71. The molecule has 1 N–H and O–H groups in total. The third-order valence-corrected chi connectivity index (χ3v) is 10.6. The van der Waals surface area contributed by atoms with Crippen LogP contribution in [0.15, 0.2) is 41.3 Å². The SMILES string of the molecule is O=C1N[C@H](C(=O)N2CCC3(S(=O)(=O)c4ccc(F)cc4)c4ccc(C(F)(C(F)(F)F)C(F)(F)F)nc4CCC23)C[C@H]1F. The first kappa shape index (κ1) is 30.1. The van der Waals surface area contributed by atoms with Crippen molar-refractivity contribution in [2.45, 2.75) is 71.6 Å². The van der Waals surface area contributed by atoms with Crippen molar-refractivity contribution in [2.24, 2.45) is 0 Å². The molecule has 2 fully saturated rings. The number of nitrogens with zero attached hydrogens (tertiary/aromatic N) is 2. The molecule has 17 heteroatoms. The number of sulfone groups is 1. The summed E-state index contributed by atoms with van der Waals surface area (Å²) in [6, 6.07) is 1.55. The van der Waals surface area contributed by atoms with Crippen LogP contribution in [-0.4, -0.2) is 67.3 Å². The second-order valence-electron chi connectivity index (χ2n) is 10.3. The molecule has 3 aliphatic rings. The van der Waals surface area contributed by atoms with Crippen molar-refractivity contribution in [3.8, 4) is 0 Å². The van der Waals surface area contributed by atoms with E-state index < -0.39 is 104 Å². The summed E-state index contributed by atoms with van der Waals surface area (Å²) in [6.07, 6.45) is -16.7. The summed E-state index contributed by atoms with van der Waals surface area (Å²) < 4.78 is 149. The van der Waals surface area contributed by atoms with Gasteiger partial charge in [0.15, 0.2) is 16.0 Å². The number of likely N-dealkylation sites (tertiary alicyclic amines) is 1. The lowest BCUT2D eigenvalue weighted by Gasteiger charge is -2.42. The number of hydrogen-bond donors (Lipinski definition) is 1. The number of benzene rings is 1. The number of nitrogens with one attached hydrogen (secondary N) is 1. The fourth-order valence-corrected chi connectivity index (χ4v) is 8.46. The second kappa shape index (κ2) is 9.57. The van der Waals surface area contributed by atoms with E-state index in [1.165, 1.54) is 0 Å². The normalized spacial score (nSPS) is 26.5. The molecule has 0 spiro atoms. The molecule has 1 aliphatic carbocycles. The van der Waals surface area contributed by atoms with Crippen molar-refractivity contribution >= 4 is 21.7 Å². The zero-order valence-corrected chi connectivity index (χ0v) is 21.9. The van der Waals surface area contributed by atoms with E-state index in [1.54, 1.807) is 0 Å². The van der Waals surface area contributed by atoms with Crippen LogP contribution in [-0.2, 0) is 36.3 Å². The van der Waals surface area contributed by atoms with Gasteiger partial charge in [-0.05, 0) is 55.2 Å². The maximum atomic E-state index is 14.8. The Labute approximate surface area is 232 Å². The van der Waals surface area contributed by atoms with Gasteiger partial charge in [0.25, 0.3) is 5.91 Å². The fourth-order valence-electron chi connectivity index (χ4n) is 6.10. The van der Waals surface area contributed by atoms with E-state index in [0.29, 0.717) is 6.07 Å². The molecule has 4 atom stereocenters. The number of hydrogen-bond acceptors (Lipinski definition) is 5. The van der Waals surface area contributed by atoms with Gasteiger partial charge in [0.1, 0.15) is 16.6 Å². The van der Waals surface area contributed by atoms with Gasteiger partial charge in [-0.15, -0.1) is 0 Å². The second-order valence-corrected chi connectivity index (χ2v) is 12.5. The Morgan fingerprint density at radius 1 is 1.00 bits per heavy atom. The highest BCUT2D eigenvalue weighted by atomic mass is 32.2. The molecule has 228 valence electrons. The maximum absolute atomic E-state index is 14.8. The smallest absolute Gasteiger partial charge is 0.342 e. The van der Waals surface area contributed by atoms with Crippen LogP contribution >= 0.6 is 0 Å². The van der Waals surface area contributed by atoms with Gasteiger partial charge in [-0.25, -0.2) is 21.6 Å². The predicted molar refractivity (Wildman–Crippen MR) is 124 cm³/mol. The lowest BCUT2D eigenvalue weighted by atomic mass is 9.80. The highest BCUT2D eigenvalue weighted by Gasteiger charge is 2.75. The molecule has 2 aromatic rings. The van der Waals surface area contributed by atoms with E-state index in [4.69, 9.17) is 0 Å². The zero-order valence-electron chi connectivity index (χ0n) is 21.1. The molecule has 1 aromatic heterocycles. The quantitative estimate of drug-likeness (QED) is 0.409. The summed E-state index contributed by atoms with van der Waals surface area (Å²) in [6.45, 7) is -0.313. The first-order valence-electron chi connectivity index (χ1n) is 12.4. The number of aryl methyl sites for hydroxylation is 1. The van der Waals surface area contributed by atoms with Crippen LogP contribution in [0.4, 0.5) is 39.5 Å². The van der Waals surface area contributed by atoms with Crippen LogP contribution in [0.2, 0.25) is 0 Å². The minimum atomic E-state index is -6.46. The van der Waals surface area contributed by atoms with Crippen molar-refractivity contribution in [1.29, 1.82) is 0 Å². The highest BCUT2D eigenvalue weighted by molar-refractivity contribution is 7.92. The molecule has 2 amide bonds. The molecule has 5 rings (SSSR count). The largest absolute Gasteiger partial charge is 0.437 e. The summed E-state index contributed by atoms with van der Waals surface area (Å²) >= 11 is 0. The topological polar surface area (TPSA) is 96.4 Å². The van der Waals surface area contributed by atoms with Crippen LogP contribution in [0.3, 0.4) is 0 Å². The van der Waals surface area contributed by atoms with Crippen molar-refractivity contribution in [3.05, 3.63) is 59.2 Å². The summed E-state index contributed by atoms with van der Waals surface area (Å²) in [5.41, 5.74) is -8.82. The summed E-state index contributed by atoms with van der Waals surface area (Å²) in [4.78, 5) is 29.0. The average molecular weight is 630 g/mol. The Hall–Kier alpha value is -3.37. The standard InChI is InChI=1S/C25H20F9N3O4S/c26-12-1-3-13(4-2-12)42(40,41)22-9-10-37(21(39)17-11-15(27)20(38)36-17)19(22)8-6-16-14(22)5-7-18(35-16)23(28,24(29,30)31)25(32,33)34/h1-5,7,15,17,19H,6,8-11H2,(H,36,38)/t15-,17+,19?,22?/m1/s1. The molecule has 7 nitrogen and oxygen atoms in total.